The number of aromatic nitrogens is 2. The zero-order valence-corrected chi connectivity index (χ0v) is 20.0. The molecule has 1 fully saturated rings. The molecule has 1 aliphatic carbocycles. The fourth-order valence-electron chi connectivity index (χ4n) is 5.99. The molecule has 5 rings (SSSR count). The first-order valence-corrected chi connectivity index (χ1v) is 12.2. The Labute approximate surface area is 205 Å². The third-order valence-corrected chi connectivity index (χ3v) is 7.72. The lowest BCUT2D eigenvalue weighted by Crippen LogP contribution is -2.47. The van der Waals surface area contributed by atoms with E-state index in [-0.39, 0.29) is 23.7 Å². The Bertz CT molecular complexity index is 1260. The first-order chi connectivity index (χ1) is 17.0. The van der Waals surface area contributed by atoms with Gasteiger partial charge in [-0.15, -0.1) is 0 Å². The van der Waals surface area contributed by atoms with Crippen LogP contribution in [0.25, 0.3) is 0 Å². The highest BCUT2D eigenvalue weighted by Gasteiger charge is 2.51. The lowest BCUT2D eigenvalue weighted by molar-refractivity contribution is -0.694. The van der Waals surface area contributed by atoms with Gasteiger partial charge in [-0.25, -0.2) is 13.5 Å². The normalized spacial score (nSPS) is 18.0. The van der Waals surface area contributed by atoms with Gasteiger partial charge in [-0.1, -0.05) is 72.8 Å². The topological polar surface area (TPSA) is 51.9 Å². The fraction of sp³-hybridized carbons (Fsp3) is 0.267. The number of amides is 1. The highest BCUT2D eigenvalue weighted by atomic mass is 19.1. The third kappa shape index (κ3) is 4.16. The molecule has 1 aromatic heterocycles. The smallest absolute Gasteiger partial charge is 0.253 e. The van der Waals surface area contributed by atoms with Gasteiger partial charge in [0.2, 0.25) is 5.91 Å². The predicted octanol–water partition coefficient (Wildman–Crippen LogP) is 5.08. The molecule has 1 heterocycles. The average molecular weight is 469 g/mol. The fourth-order valence-corrected chi connectivity index (χ4v) is 5.99. The number of imidazole rings is 1. The van der Waals surface area contributed by atoms with Crippen LogP contribution in [-0.2, 0) is 16.8 Å². The Morgan fingerprint density at radius 3 is 2.14 bits per heavy atom. The highest BCUT2D eigenvalue weighted by Crippen LogP contribution is 2.49. The number of carbonyl (C=O) groups excluding carboxylic acids is 1. The molecule has 0 bridgehead atoms. The van der Waals surface area contributed by atoms with E-state index in [4.69, 9.17) is 5.73 Å². The Morgan fingerprint density at radius 2 is 1.57 bits per heavy atom. The van der Waals surface area contributed by atoms with Gasteiger partial charge in [-0.3, -0.25) is 4.79 Å². The van der Waals surface area contributed by atoms with Crippen molar-refractivity contribution < 1.29 is 13.8 Å². The second-order valence-corrected chi connectivity index (χ2v) is 9.58. The molecule has 4 aromatic rings. The number of nitrogens with zero attached hydrogens (tertiary/aromatic N) is 2. The SMILES string of the molecule is Cc1n([C@H]2CC[C@@H](C(C(N)=O)(c3ccccc3)c3ccccc3)C2)cc[n+]1Cc1ccc(F)cc1. The minimum absolute atomic E-state index is 0.0853. The molecule has 0 unspecified atom stereocenters. The van der Waals surface area contributed by atoms with Gasteiger partial charge in [0.1, 0.15) is 36.2 Å². The highest BCUT2D eigenvalue weighted by molar-refractivity contribution is 5.91. The summed E-state index contributed by atoms with van der Waals surface area (Å²) < 4.78 is 17.8. The predicted molar refractivity (Wildman–Crippen MR) is 134 cm³/mol. The minimum atomic E-state index is -0.873. The molecule has 3 aromatic carbocycles. The molecule has 0 spiro atoms. The van der Waals surface area contributed by atoms with Gasteiger partial charge in [-0.2, -0.15) is 0 Å². The number of hydrogen-bond donors (Lipinski definition) is 1. The van der Waals surface area contributed by atoms with Crippen LogP contribution in [0.15, 0.2) is 97.3 Å². The molecule has 0 aliphatic heterocycles. The monoisotopic (exact) mass is 468 g/mol. The Morgan fingerprint density at radius 1 is 0.971 bits per heavy atom. The molecule has 1 saturated carbocycles. The summed E-state index contributed by atoms with van der Waals surface area (Å²) in [5, 5.41) is 0. The van der Waals surface area contributed by atoms with Crippen molar-refractivity contribution in [1.82, 2.24) is 4.57 Å². The lowest BCUT2D eigenvalue weighted by atomic mass is 9.64. The van der Waals surface area contributed by atoms with E-state index in [1.807, 2.05) is 72.8 Å². The molecule has 35 heavy (non-hydrogen) atoms. The summed E-state index contributed by atoms with van der Waals surface area (Å²) in [4.78, 5) is 13.3. The van der Waals surface area contributed by atoms with Gasteiger partial charge in [0.15, 0.2) is 0 Å². The zero-order chi connectivity index (χ0) is 24.4. The molecule has 178 valence electrons. The van der Waals surface area contributed by atoms with Crippen molar-refractivity contribution in [3.63, 3.8) is 0 Å². The van der Waals surface area contributed by atoms with E-state index in [2.05, 4.69) is 28.5 Å². The van der Waals surface area contributed by atoms with Crippen LogP contribution in [0.5, 0.6) is 0 Å². The Hall–Kier alpha value is -3.73. The number of benzene rings is 3. The van der Waals surface area contributed by atoms with Crippen LogP contribution in [0.2, 0.25) is 0 Å². The minimum Gasteiger partial charge on any atom is -0.369 e. The van der Waals surface area contributed by atoms with Crippen molar-refractivity contribution in [3.05, 3.63) is 126 Å². The van der Waals surface area contributed by atoms with E-state index in [9.17, 15) is 9.18 Å². The van der Waals surface area contributed by atoms with E-state index in [0.717, 1.165) is 41.8 Å². The number of rotatable bonds is 7. The van der Waals surface area contributed by atoms with Gasteiger partial charge >= 0.3 is 0 Å². The van der Waals surface area contributed by atoms with Crippen LogP contribution in [0.4, 0.5) is 4.39 Å². The average Bonchev–Trinajstić information content (AvgIpc) is 3.49. The van der Waals surface area contributed by atoms with E-state index < -0.39 is 5.41 Å². The van der Waals surface area contributed by atoms with Crippen molar-refractivity contribution in [1.29, 1.82) is 0 Å². The van der Waals surface area contributed by atoms with Gasteiger partial charge in [0.25, 0.3) is 5.82 Å². The van der Waals surface area contributed by atoms with Crippen molar-refractivity contribution in [2.24, 2.45) is 11.7 Å². The third-order valence-electron chi connectivity index (χ3n) is 7.72. The van der Waals surface area contributed by atoms with Gasteiger partial charge < -0.3 is 5.73 Å². The zero-order valence-electron chi connectivity index (χ0n) is 20.0. The lowest BCUT2D eigenvalue weighted by Gasteiger charge is -2.37. The molecular formula is C30H31FN3O+. The van der Waals surface area contributed by atoms with Crippen molar-refractivity contribution in [3.8, 4) is 0 Å². The summed E-state index contributed by atoms with van der Waals surface area (Å²) in [7, 11) is 0. The summed E-state index contributed by atoms with van der Waals surface area (Å²) in [5.41, 5.74) is 8.36. The maximum atomic E-state index is 13.3. The van der Waals surface area contributed by atoms with E-state index in [1.54, 1.807) is 0 Å². The van der Waals surface area contributed by atoms with E-state index in [0.29, 0.717) is 6.54 Å². The van der Waals surface area contributed by atoms with E-state index in [1.165, 1.54) is 12.1 Å². The summed E-state index contributed by atoms with van der Waals surface area (Å²) >= 11 is 0. The number of halogens is 1. The van der Waals surface area contributed by atoms with Gasteiger partial charge in [0.05, 0.1) is 0 Å². The molecule has 5 heteroatoms. The molecule has 2 N–H and O–H groups in total. The molecule has 0 radical (unpaired) electrons. The molecule has 1 aliphatic rings. The quantitative estimate of drug-likeness (QED) is 0.378. The number of primary amides is 1. The van der Waals surface area contributed by atoms with E-state index >= 15 is 0 Å². The molecule has 4 nitrogen and oxygen atoms in total. The number of nitrogens with two attached hydrogens (primary N) is 1. The number of carbonyl (C=O) groups is 1. The van der Waals surface area contributed by atoms with Gasteiger partial charge in [0, 0.05) is 6.92 Å². The van der Waals surface area contributed by atoms with Crippen LogP contribution in [0, 0.1) is 18.7 Å². The summed E-state index contributed by atoms with van der Waals surface area (Å²) in [5.74, 6) is 0.710. The molecule has 1 amide bonds. The maximum Gasteiger partial charge on any atom is 0.253 e. The second kappa shape index (κ2) is 9.49. The largest absolute Gasteiger partial charge is 0.369 e. The standard InChI is InChI=1S/C30H30FN3O/c1-22-33(21-23-12-15-27(31)16-13-23)18-19-34(22)28-17-14-26(20-28)30(29(32)35,24-8-4-2-5-9-24)25-10-6-3-7-11-25/h2-13,15-16,18-19,26,28H,14,17,20-21H2,1H3,(H-,32,35)/p+1/t26-,28+/m1/s1. The first-order valence-electron chi connectivity index (χ1n) is 12.2. The molecular weight excluding hydrogens is 437 g/mol. The van der Waals surface area contributed by atoms with Crippen molar-refractivity contribution >= 4 is 5.91 Å². The van der Waals surface area contributed by atoms with Gasteiger partial charge in [-0.05, 0) is 54.0 Å². The van der Waals surface area contributed by atoms with Crippen LogP contribution in [0.1, 0.15) is 47.8 Å². The Balaban J connectivity index is 1.47. The molecule has 2 atom stereocenters. The van der Waals surface area contributed by atoms with Crippen molar-refractivity contribution in [2.75, 3.05) is 0 Å². The maximum absolute atomic E-state index is 13.3. The second-order valence-electron chi connectivity index (χ2n) is 9.58. The Kier molecular flexibility index (Phi) is 6.25. The van der Waals surface area contributed by atoms with Crippen LogP contribution in [0.3, 0.4) is 0 Å². The van der Waals surface area contributed by atoms with Crippen molar-refractivity contribution in [2.45, 2.75) is 44.2 Å². The summed E-state index contributed by atoms with van der Waals surface area (Å²) in [6, 6.07) is 26.9. The summed E-state index contributed by atoms with van der Waals surface area (Å²) in [6.45, 7) is 2.81. The number of hydrogen-bond acceptors (Lipinski definition) is 1. The molecule has 0 saturated heterocycles. The van der Waals surface area contributed by atoms with Crippen LogP contribution >= 0.6 is 0 Å². The first kappa shape index (κ1) is 23.0. The summed E-state index contributed by atoms with van der Waals surface area (Å²) in [6.07, 6.45) is 6.96. The van der Waals surface area contributed by atoms with Crippen LogP contribution < -0.4 is 10.3 Å². The van der Waals surface area contributed by atoms with Crippen LogP contribution in [-0.4, -0.2) is 10.5 Å².